The predicted octanol–water partition coefficient (Wildman–Crippen LogP) is 3.31. The van der Waals surface area contributed by atoms with Crippen molar-refractivity contribution in [1.29, 1.82) is 0 Å². The topological polar surface area (TPSA) is 95.5 Å². The lowest BCUT2D eigenvalue weighted by atomic mass is 10.1. The Morgan fingerprint density at radius 2 is 1.81 bits per heavy atom. The molecule has 0 aromatic heterocycles. The van der Waals surface area contributed by atoms with E-state index in [2.05, 4.69) is 10.6 Å². The maximum Gasteiger partial charge on any atom is 0.307 e. The zero-order chi connectivity index (χ0) is 19.1. The molecule has 2 fully saturated rings. The molecule has 3 rings (SSSR count). The van der Waals surface area contributed by atoms with Crippen molar-refractivity contribution in [3.8, 4) is 0 Å². The number of halogens is 1. The third-order valence-electron chi connectivity index (χ3n) is 5.55. The summed E-state index contributed by atoms with van der Waals surface area (Å²) in [6.45, 7) is 3.53. The molecule has 140 valence electrons. The molecule has 1 aromatic carbocycles. The standard InChI is InChI=1S/C19H23ClN2O4/c1-19(2)14(15(19)18(25)26)17(24)22-11-7-8-12(13(20)9-11)16(23)21-10-5-3-4-6-10/h7-10,14-15H,3-6H2,1-2H3,(H,21,23)(H,22,24)(H,25,26)/t14-,15+/m1/s1. The molecule has 2 saturated carbocycles. The van der Waals surface area contributed by atoms with E-state index in [-0.39, 0.29) is 22.9 Å². The maximum absolute atomic E-state index is 12.4. The van der Waals surface area contributed by atoms with E-state index in [1.54, 1.807) is 26.0 Å². The molecule has 0 aliphatic heterocycles. The monoisotopic (exact) mass is 378 g/mol. The van der Waals surface area contributed by atoms with E-state index in [1.165, 1.54) is 6.07 Å². The van der Waals surface area contributed by atoms with Crippen LogP contribution in [-0.4, -0.2) is 28.9 Å². The summed E-state index contributed by atoms with van der Waals surface area (Å²) in [5, 5.41) is 15.1. The molecule has 2 amide bonds. The Morgan fingerprint density at radius 3 is 2.35 bits per heavy atom. The van der Waals surface area contributed by atoms with Gasteiger partial charge in [-0.3, -0.25) is 14.4 Å². The molecule has 0 spiro atoms. The highest BCUT2D eigenvalue weighted by atomic mass is 35.5. The first-order valence-electron chi connectivity index (χ1n) is 8.86. The molecular weight excluding hydrogens is 356 g/mol. The van der Waals surface area contributed by atoms with Crippen LogP contribution in [0.2, 0.25) is 5.02 Å². The quantitative estimate of drug-likeness (QED) is 0.732. The fourth-order valence-electron chi connectivity index (χ4n) is 3.92. The van der Waals surface area contributed by atoms with Crippen LogP contribution in [-0.2, 0) is 9.59 Å². The van der Waals surface area contributed by atoms with Crippen LogP contribution in [0.15, 0.2) is 18.2 Å². The van der Waals surface area contributed by atoms with E-state index in [0.29, 0.717) is 11.3 Å². The lowest BCUT2D eigenvalue weighted by molar-refractivity contribution is -0.140. The van der Waals surface area contributed by atoms with Gasteiger partial charge in [0.15, 0.2) is 0 Å². The van der Waals surface area contributed by atoms with Crippen molar-refractivity contribution in [3.05, 3.63) is 28.8 Å². The second kappa shape index (κ2) is 6.91. The van der Waals surface area contributed by atoms with Crippen molar-refractivity contribution in [3.63, 3.8) is 0 Å². The fraction of sp³-hybridized carbons (Fsp3) is 0.526. The highest BCUT2D eigenvalue weighted by Crippen LogP contribution is 2.58. The average molecular weight is 379 g/mol. The second-order valence-electron chi connectivity index (χ2n) is 7.75. The molecule has 2 aliphatic carbocycles. The third-order valence-corrected chi connectivity index (χ3v) is 5.86. The third kappa shape index (κ3) is 3.56. The summed E-state index contributed by atoms with van der Waals surface area (Å²) in [6.07, 6.45) is 4.22. The zero-order valence-electron chi connectivity index (χ0n) is 14.8. The number of hydrogen-bond acceptors (Lipinski definition) is 3. The number of carbonyl (C=O) groups is 3. The number of nitrogens with one attached hydrogen (secondary N) is 2. The first-order chi connectivity index (χ1) is 12.2. The first kappa shape index (κ1) is 18.7. The molecule has 0 saturated heterocycles. The molecular formula is C19H23ClN2O4. The van der Waals surface area contributed by atoms with Crippen molar-refractivity contribution < 1.29 is 19.5 Å². The van der Waals surface area contributed by atoms with Gasteiger partial charge >= 0.3 is 5.97 Å². The summed E-state index contributed by atoms with van der Waals surface area (Å²) >= 11 is 6.22. The number of amides is 2. The molecule has 2 atom stereocenters. The van der Waals surface area contributed by atoms with Gasteiger partial charge in [-0.1, -0.05) is 38.3 Å². The number of benzene rings is 1. The number of carbonyl (C=O) groups excluding carboxylic acids is 2. The summed E-state index contributed by atoms with van der Waals surface area (Å²) in [4.78, 5) is 35.9. The second-order valence-corrected chi connectivity index (χ2v) is 8.16. The SMILES string of the molecule is CC1(C)[C@H](C(=O)O)[C@@H]1C(=O)Nc1ccc(C(=O)NC2CCCC2)c(Cl)c1. The van der Waals surface area contributed by atoms with Crippen molar-refractivity contribution >= 4 is 35.1 Å². The Kier molecular flexibility index (Phi) is 4.97. The molecule has 0 unspecified atom stereocenters. The van der Waals surface area contributed by atoms with Gasteiger partial charge in [-0.2, -0.15) is 0 Å². The van der Waals surface area contributed by atoms with Gasteiger partial charge in [0.05, 0.1) is 22.4 Å². The smallest absolute Gasteiger partial charge is 0.307 e. The van der Waals surface area contributed by atoms with Gasteiger partial charge in [0.2, 0.25) is 5.91 Å². The average Bonchev–Trinajstić information content (AvgIpc) is 2.88. The van der Waals surface area contributed by atoms with Gasteiger partial charge in [-0.15, -0.1) is 0 Å². The Labute approximate surface area is 157 Å². The van der Waals surface area contributed by atoms with Crippen molar-refractivity contribution in [2.75, 3.05) is 5.32 Å². The minimum Gasteiger partial charge on any atom is -0.481 e. The van der Waals surface area contributed by atoms with Gasteiger partial charge in [0, 0.05) is 11.7 Å². The number of hydrogen-bond donors (Lipinski definition) is 3. The summed E-state index contributed by atoms with van der Waals surface area (Å²) in [5.74, 6) is -2.79. The van der Waals surface area contributed by atoms with Crippen LogP contribution in [0.3, 0.4) is 0 Å². The minimum atomic E-state index is -0.966. The van der Waals surface area contributed by atoms with Gasteiger partial charge < -0.3 is 15.7 Å². The van der Waals surface area contributed by atoms with Crippen LogP contribution in [0.25, 0.3) is 0 Å². The predicted molar refractivity (Wildman–Crippen MR) is 98.2 cm³/mol. The molecule has 0 heterocycles. The maximum atomic E-state index is 12.4. The first-order valence-corrected chi connectivity index (χ1v) is 9.23. The summed E-state index contributed by atoms with van der Waals surface area (Å²) in [6, 6.07) is 4.91. The van der Waals surface area contributed by atoms with E-state index in [4.69, 9.17) is 11.6 Å². The molecule has 1 aromatic rings. The van der Waals surface area contributed by atoms with Crippen LogP contribution in [0.1, 0.15) is 49.9 Å². The normalized spacial score (nSPS) is 24.1. The number of carboxylic acid groups (broad SMARTS) is 1. The van der Waals surface area contributed by atoms with Crippen LogP contribution in [0.4, 0.5) is 5.69 Å². The summed E-state index contributed by atoms with van der Waals surface area (Å²) in [7, 11) is 0. The Morgan fingerprint density at radius 1 is 1.15 bits per heavy atom. The number of rotatable bonds is 5. The highest BCUT2D eigenvalue weighted by molar-refractivity contribution is 6.34. The van der Waals surface area contributed by atoms with Crippen LogP contribution >= 0.6 is 11.6 Å². The van der Waals surface area contributed by atoms with Crippen molar-refractivity contribution in [2.24, 2.45) is 17.3 Å². The molecule has 2 aliphatic rings. The van der Waals surface area contributed by atoms with Crippen LogP contribution in [0, 0.1) is 17.3 Å². The molecule has 6 nitrogen and oxygen atoms in total. The Bertz CT molecular complexity index is 756. The van der Waals surface area contributed by atoms with Gasteiger partial charge in [0.1, 0.15) is 0 Å². The Balaban J connectivity index is 1.65. The minimum absolute atomic E-state index is 0.197. The van der Waals surface area contributed by atoms with Crippen LogP contribution in [0.5, 0.6) is 0 Å². The lowest BCUT2D eigenvalue weighted by Gasteiger charge is -2.13. The van der Waals surface area contributed by atoms with E-state index >= 15 is 0 Å². The van der Waals surface area contributed by atoms with E-state index < -0.39 is 23.2 Å². The van der Waals surface area contributed by atoms with E-state index in [1.807, 2.05) is 0 Å². The number of carboxylic acids is 1. The summed E-state index contributed by atoms with van der Waals surface area (Å²) < 4.78 is 0. The zero-order valence-corrected chi connectivity index (χ0v) is 15.6. The van der Waals surface area contributed by atoms with Crippen molar-refractivity contribution in [1.82, 2.24) is 5.32 Å². The Hall–Kier alpha value is -2.08. The van der Waals surface area contributed by atoms with Crippen LogP contribution < -0.4 is 10.6 Å². The lowest BCUT2D eigenvalue weighted by Crippen LogP contribution is -2.32. The van der Waals surface area contributed by atoms with E-state index in [9.17, 15) is 19.5 Å². The van der Waals surface area contributed by atoms with Gasteiger partial charge in [-0.25, -0.2) is 0 Å². The fourth-order valence-corrected chi connectivity index (χ4v) is 4.18. The molecule has 3 N–H and O–H groups in total. The largest absolute Gasteiger partial charge is 0.481 e. The molecule has 0 radical (unpaired) electrons. The summed E-state index contributed by atoms with van der Waals surface area (Å²) in [5.41, 5.74) is 0.247. The number of aliphatic carboxylic acids is 1. The van der Waals surface area contributed by atoms with Gasteiger partial charge in [0.25, 0.3) is 5.91 Å². The molecule has 0 bridgehead atoms. The molecule has 26 heavy (non-hydrogen) atoms. The van der Waals surface area contributed by atoms with Gasteiger partial charge in [-0.05, 0) is 36.5 Å². The highest BCUT2D eigenvalue weighted by Gasteiger charge is 2.65. The van der Waals surface area contributed by atoms with E-state index in [0.717, 1.165) is 25.7 Å². The number of anilines is 1. The molecule has 7 heteroatoms. The van der Waals surface area contributed by atoms with Crippen molar-refractivity contribution in [2.45, 2.75) is 45.6 Å².